The van der Waals surface area contributed by atoms with Gasteiger partial charge in [-0.3, -0.25) is 9.59 Å². The maximum atomic E-state index is 12.2. The molecule has 4 aliphatic rings. The van der Waals surface area contributed by atoms with Crippen molar-refractivity contribution >= 4 is 11.6 Å². The van der Waals surface area contributed by atoms with Crippen LogP contribution in [0.2, 0.25) is 0 Å². The largest absolute Gasteiger partial charge is 0.389 e. The molecule has 0 radical (unpaired) electrons. The minimum absolute atomic E-state index is 0.140. The van der Waals surface area contributed by atoms with Gasteiger partial charge in [0.2, 0.25) is 0 Å². The van der Waals surface area contributed by atoms with Crippen LogP contribution in [0.4, 0.5) is 0 Å². The quantitative estimate of drug-likeness (QED) is 0.775. The third-order valence-electron chi connectivity index (χ3n) is 9.57. The van der Waals surface area contributed by atoms with Gasteiger partial charge in [0.25, 0.3) is 0 Å². The van der Waals surface area contributed by atoms with E-state index >= 15 is 0 Å². The number of carbonyl (C=O) groups is 2. The SMILES string of the molecule is CC(=O)[C@H]1CC[C@H]2[C@@H]3C[C@@H](C)[C@@]4(O)CC(=O)CC[C@]4(C)[C@H]3CC[C@]12C. The third-order valence-corrected chi connectivity index (χ3v) is 9.57. The Bertz CT molecular complexity index is 612. The first kappa shape index (κ1) is 17.7. The Balaban J connectivity index is 1.71. The topological polar surface area (TPSA) is 54.4 Å². The Kier molecular flexibility index (Phi) is 3.83. The first-order chi connectivity index (χ1) is 11.6. The minimum Gasteiger partial charge on any atom is -0.389 e. The molecule has 0 aromatic carbocycles. The van der Waals surface area contributed by atoms with Crippen LogP contribution in [0.3, 0.4) is 0 Å². The molecule has 4 saturated carbocycles. The molecule has 0 heterocycles. The van der Waals surface area contributed by atoms with Gasteiger partial charge < -0.3 is 5.11 Å². The maximum Gasteiger partial charge on any atom is 0.135 e. The monoisotopic (exact) mass is 346 g/mol. The van der Waals surface area contributed by atoms with Crippen molar-refractivity contribution in [1.29, 1.82) is 0 Å². The fourth-order valence-electron chi connectivity index (χ4n) is 8.13. The zero-order valence-corrected chi connectivity index (χ0v) is 16.3. The van der Waals surface area contributed by atoms with Crippen molar-refractivity contribution < 1.29 is 14.7 Å². The summed E-state index contributed by atoms with van der Waals surface area (Å²) in [6.45, 7) is 8.58. The van der Waals surface area contributed by atoms with Crippen molar-refractivity contribution in [3.63, 3.8) is 0 Å². The normalized spacial score (nSPS) is 55.2. The van der Waals surface area contributed by atoms with E-state index in [2.05, 4.69) is 20.8 Å². The van der Waals surface area contributed by atoms with Gasteiger partial charge in [-0.2, -0.15) is 0 Å². The Morgan fingerprint density at radius 3 is 2.52 bits per heavy atom. The van der Waals surface area contributed by atoms with Crippen molar-refractivity contribution in [2.45, 2.75) is 84.7 Å². The van der Waals surface area contributed by atoms with Crippen LogP contribution in [-0.4, -0.2) is 22.3 Å². The molecule has 4 aliphatic carbocycles. The van der Waals surface area contributed by atoms with Crippen LogP contribution in [0.5, 0.6) is 0 Å². The Morgan fingerprint density at radius 2 is 1.84 bits per heavy atom. The summed E-state index contributed by atoms with van der Waals surface area (Å²) in [6, 6.07) is 0. The number of hydrogen-bond acceptors (Lipinski definition) is 3. The van der Waals surface area contributed by atoms with Crippen LogP contribution in [0.1, 0.15) is 79.1 Å². The number of fused-ring (bicyclic) bond motifs is 5. The first-order valence-corrected chi connectivity index (χ1v) is 10.4. The van der Waals surface area contributed by atoms with E-state index < -0.39 is 5.60 Å². The van der Waals surface area contributed by atoms with E-state index in [1.807, 2.05) is 0 Å². The molecular formula is C22H34O3. The number of hydrogen-bond donors (Lipinski definition) is 1. The van der Waals surface area contributed by atoms with Gasteiger partial charge in [0.05, 0.1) is 5.60 Å². The lowest BCUT2D eigenvalue weighted by atomic mass is 9.41. The van der Waals surface area contributed by atoms with Crippen molar-refractivity contribution in [2.75, 3.05) is 0 Å². The summed E-state index contributed by atoms with van der Waals surface area (Å²) in [7, 11) is 0. The average Bonchev–Trinajstić information content (AvgIpc) is 2.88. The number of ketones is 2. The van der Waals surface area contributed by atoms with Gasteiger partial charge in [-0.15, -0.1) is 0 Å². The highest BCUT2D eigenvalue weighted by molar-refractivity contribution is 5.81. The molecule has 3 heteroatoms. The van der Waals surface area contributed by atoms with Crippen LogP contribution in [-0.2, 0) is 9.59 Å². The lowest BCUT2D eigenvalue weighted by Gasteiger charge is -2.65. The summed E-state index contributed by atoms with van der Waals surface area (Å²) >= 11 is 0. The summed E-state index contributed by atoms with van der Waals surface area (Å²) in [6.07, 6.45) is 7.29. The molecule has 4 fully saturated rings. The summed E-state index contributed by atoms with van der Waals surface area (Å²) in [5.74, 6) is 2.74. The highest BCUT2D eigenvalue weighted by Gasteiger charge is 2.66. The van der Waals surface area contributed by atoms with Crippen LogP contribution in [0.25, 0.3) is 0 Å². The predicted molar refractivity (Wildman–Crippen MR) is 96.9 cm³/mol. The van der Waals surface area contributed by atoms with Gasteiger partial charge in [-0.1, -0.05) is 20.8 Å². The van der Waals surface area contributed by atoms with Gasteiger partial charge in [-0.05, 0) is 74.5 Å². The van der Waals surface area contributed by atoms with E-state index in [9.17, 15) is 14.7 Å². The van der Waals surface area contributed by atoms with Crippen molar-refractivity contribution in [2.24, 2.45) is 40.4 Å². The zero-order chi connectivity index (χ0) is 18.2. The average molecular weight is 347 g/mol. The Morgan fingerprint density at radius 1 is 1.12 bits per heavy atom. The van der Waals surface area contributed by atoms with Crippen LogP contribution < -0.4 is 0 Å². The van der Waals surface area contributed by atoms with Crippen molar-refractivity contribution in [1.82, 2.24) is 0 Å². The molecule has 140 valence electrons. The van der Waals surface area contributed by atoms with Crippen molar-refractivity contribution in [3.8, 4) is 0 Å². The fourth-order valence-corrected chi connectivity index (χ4v) is 8.13. The van der Waals surface area contributed by atoms with E-state index in [0.29, 0.717) is 36.4 Å². The number of Topliss-reactive ketones (excluding diaryl/α,β-unsaturated/α-hetero) is 2. The highest BCUT2D eigenvalue weighted by Crippen LogP contribution is 2.69. The lowest BCUT2D eigenvalue weighted by Crippen LogP contribution is -2.65. The second kappa shape index (κ2) is 5.41. The van der Waals surface area contributed by atoms with Crippen LogP contribution in [0.15, 0.2) is 0 Å². The van der Waals surface area contributed by atoms with Gasteiger partial charge in [0.15, 0.2) is 0 Å². The molecule has 25 heavy (non-hydrogen) atoms. The van der Waals surface area contributed by atoms with E-state index in [0.717, 1.165) is 32.1 Å². The summed E-state index contributed by atoms with van der Waals surface area (Å²) in [5.41, 5.74) is -0.808. The standard InChI is InChI=1S/C22H34O3/c1-13-11-16-18-6-5-17(14(2)23)20(18,3)9-8-19(16)21(4)10-7-15(24)12-22(13,21)25/h13,16-19,25H,5-12H2,1-4H3/t13-,16+,17-,18+,19+,20-,21-,22+/m1/s1. The highest BCUT2D eigenvalue weighted by atomic mass is 16.3. The zero-order valence-electron chi connectivity index (χ0n) is 16.3. The molecule has 0 aromatic heterocycles. The minimum atomic E-state index is -0.824. The summed E-state index contributed by atoms with van der Waals surface area (Å²) in [4.78, 5) is 24.4. The number of rotatable bonds is 1. The van der Waals surface area contributed by atoms with E-state index in [-0.39, 0.29) is 28.4 Å². The predicted octanol–water partition coefficient (Wildman–Crippen LogP) is 4.16. The molecular weight excluding hydrogens is 312 g/mol. The molecule has 0 amide bonds. The second-order valence-corrected chi connectivity index (χ2v) is 10.4. The van der Waals surface area contributed by atoms with E-state index in [1.54, 1.807) is 6.92 Å². The molecule has 0 bridgehead atoms. The molecule has 0 aromatic rings. The molecule has 1 N–H and O–H groups in total. The Labute approximate surface area is 151 Å². The molecule has 0 spiro atoms. The Hall–Kier alpha value is -0.700. The second-order valence-electron chi connectivity index (χ2n) is 10.4. The van der Waals surface area contributed by atoms with E-state index in [1.165, 1.54) is 6.42 Å². The van der Waals surface area contributed by atoms with Gasteiger partial charge in [0, 0.05) is 24.2 Å². The van der Waals surface area contributed by atoms with E-state index in [4.69, 9.17) is 0 Å². The molecule has 8 atom stereocenters. The number of aliphatic hydroxyl groups is 1. The maximum absolute atomic E-state index is 12.2. The fraction of sp³-hybridized carbons (Fsp3) is 0.909. The van der Waals surface area contributed by atoms with Crippen LogP contribution >= 0.6 is 0 Å². The molecule has 4 rings (SSSR count). The third kappa shape index (κ3) is 2.14. The van der Waals surface area contributed by atoms with Gasteiger partial charge >= 0.3 is 0 Å². The molecule has 3 nitrogen and oxygen atoms in total. The van der Waals surface area contributed by atoms with Gasteiger partial charge in [0.1, 0.15) is 11.6 Å². The number of carbonyl (C=O) groups excluding carboxylic acids is 2. The lowest BCUT2D eigenvalue weighted by molar-refractivity contribution is -0.226. The first-order valence-electron chi connectivity index (χ1n) is 10.4. The van der Waals surface area contributed by atoms with Crippen LogP contribution in [0, 0.1) is 40.4 Å². The molecule has 0 saturated heterocycles. The molecule has 0 aliphatic heterocycles. The van der Waals surface area contributed by atoms with Gasteiger partial charge in [-0.25, -0.2) is 0 Å². The summed E-state index contributed by atoms with van der Waals surface area (Å²) < 4.78 is 0. The summed E-state index contributed by atoms with van der Waals surface area (Å²) in [5, 5.41) is 11.6. The molecule has 0 unspecified atom stereocenters. The van der Waals surface area contributed by atoms with Crippen molar-refractivity contribution in [3.05, 3.63) is 0 Å². The smallest absolute Gasteiger partial charge is 0.135 e.